The molecule has 2 rings (SSSR count). The van der Waals surface area contributed by atoms with Crippen LogP contribution >= 0.6 is 0 Å². The molecule has 0 atom stereocenters. The number of aryl methyl sites for hydroxylation is 2. The second-order valence-electron chi connectivity index (χ2n) is 4.60. The number of nitrogens with zero attached hydrogens (tertiary/aromatic N) is 6. The lowest BCUT2D eigenvalue weighted by molar-refractivity contribution is 0.766. The minimum Gasteiger partial charge on any atom is -0.353 e. The molecule has 0 bridgehead atoms. The van der Waals surface area contributed by atoms with E-state index in [1.54, 1.807) is 10.9 Å². The molecular weight excluding hydrogens is 240 g/mol. The zero-order chi connectivity index (χ0) is 14.0. The normalized spacial score (nSPS) is 10.3. The molecule has 98 valence electrons. The van der Waals surface area contributed by atoms with Crippen LogP contribution in [0, 0.1) is 25.2 Å². The Kier molecular flexibility index (Phi) is 3.47. The molecule has 19 heavy (non-hydrogen) atoms. The van der Waals surface area contributed by atoms with Gasteiger partial charge in [-0.1, -0.05) is 0 Å². The largest absolute Gasteiger partial charge is 0.353 e. The Labute approximate surface area is 112 Å². The van der Waals surface area contributed by atoms with Crippen molar-refractivity contribution in [3.63, 3.8) is 0 Å². The third-order valence-electron chi connectivity index (χ3n) is 3.09. The molecule has 0 saturated carbocycles. The second kappa shape index (κ2) is 5.06. The van der Waals surface area contributed by atoms with Crippen LogP contribution in [0.2, 0.25) is 0 Å². The van der Waals surface area contributed by atoms with Crippen molar-refractivity contribution in [2.24, 2.45) is 7.05 Å². The Hall–Kier alpha value is -2.42. The Morgan fingerprint density at radius 2 is 2.11 bits per heavy atom. The zero-order valence-electron chi connectivity index (χ0n) is 11.5. The highest BCUT2D eigenvalue weighted by atomic mass is 15.3. The van der Waals surface area contributed by atoms with E-state index < -0.39 is 0 Å². The summed E-state index contributed by atoms with van der Waals surface area (Å²) in [5.74, 6) is 0.606. The van der Waals surface area contributed by atoms with Crippen molar-refractivity contribution in [1.82, 2.24) is 20.0 Å². The van der Waals surface area contributed by atoms with Gasteiger partial charge in [0.1, 0.15) is 11.6 Å². The monoisotopic (exact) mass is 256 g/mol. The van der Waals surface area contributed by atoms with Gasteiger partial charge in [-0.3, -0.25) is 4.68 Å². The molecule has 2 aromatic heterocycles. The van der Waals surface area contributed by atoms with Crippen LogP contribution in [0.1, 0.15) is 22.4 Å². The summed E-state index contributed by atoms with van der Waals surface area (Å²) in [7, 11) is 3.77. The number of anilines is 1. The van der Waals surface area contributed by atoms with Crippen LogP contribution in [0.3, 0.4) is 0 Å². The molecule has 0 aliphatic rings. The topological polar surface area (TPSA) is 70.6 Å². The first-order valence-corrected chi connectivity index (χ1v) is 5.95. The van der Waals surface area contributed by atoms with E-state index in [9.17, 15) is 5.26 Å². The summed E-state index contributed by atoms with van der Waals surface area (Å²) in [6.07, 6.45) is 3.74. The highest BCUT2D eigenvalue weighted by Gasteiger charge is 2.15. The van der Waals surface area contributed by atoms with E-state index in [1.807, 2.05) is 39.0 Å². The SMILES string of the molecule is Cc1nnc(N(C)Cc2cnn(C)c2)c(C#N)c1C. The highest BCUT2D eigenvalue weighted by molar-refractivity contribution is 5.57. The number of hydrogen-bond donors (Lipinski definition) is 0. The predicted octanol–water partition coefficient (Wildman–Crippen LogP) is 1.34. The second-order valence-corrected chi connectivity index (χ2v) is 4.60. The van der Waals surface area contributed by atoms with Crippen molar-refractivity contribution < 1.29 is 0 Å². The summed E-state index contributed by atoms with van der Waals surface area (Å²) < 4.78 is 1.75. The molecule has 0 amide bonds. The number of rotatable bonds is 3. The minimum absolute atomic E-state index is 0.582. The molecule has 0 spiro atoms. The van der Waals surface area contributed by atoms with Crippen LogP contribution in [-0.4, -0.2) is 27.0 Å². The fourth-order valence-electron chi connectivity index (χ4n) is 1.90. The predicted molar refractivity (Wildman–Crippen MR) is 71.5 cm³/mol. The standard InChI is InChI=1S/C13H16N6/c1-9-10(2)16-17-13(12(9)5-14)18(3)7-11-6-15-19(4)8-11/h6,8H,7H2,1-4H3. The molecule has 0 aliphatic heterocycles. The average Bonchev–Trinajstić information content (AvgIpc) is 2.77. The molecular formula is C13H16N6. The van der Waals surface area contributed by atoms with E-state index in [4.69, 9.17) is 0 Å². The maximum Gasteiger partial charge on any atom is 0.169 e. The van der Waals surface area contributed by atoms with Crippen LogP contribution in [0.4, 0.5) is 5.82 Å². The van der Waals surface area contributed by atoms with Crippen LogP contribution in [0.5, 0.6) is 0 Å². The van der Waals surface area contributed by atoms with Crippen LogP contribution < -0.4 is 4.90 Å². The molecule has 0 aliphatic carbocycles. The first-order valence-electron chi connectivity index (χ1n) is 5.95. The van der Waals surface area contributed by atoms with Crippen molar-refractivity contribution in [3.05, 3.63) is 34.8 Å². The van der Waals surface area contributed by atoms with Crippen molar-refractivity contribution >= 4 is 5.82 Å². The fraction of sp³-hybridized carbons (Fsp3) is 0.385. The third kappa shape index (κ3) is 2.55. The summed E-state index contributed by atoms with van der Waals surface area (Å²) in [6, 6.07) is 2.21. The van der Waals surface area contributed by atoms with Gasteiger partial charge >= 0.3 is 0 Å². The summed E-state index contributed by atoms with van der Waals surface area (Å²) in [4.78, 5) is 1.91. The van der Waals surface area contributed by atoms with Gasteiger partial charge in [0.15, 0.2) is 5.82 Å². The van der Waals surface area contributed by atoms with Gasteiger partial charge in [-0.25, -0.2) is 0 Å². The van der Waals surface area contributed by atoms with E-state index in [0.717, 1.165) is 16.8 Å². The van der Waals surface area contributed by atoms with Gasteiger partial charge < -0.3 is 4.90 Å². The summed E-state index contributed by atoms with van der Waals surface area (Å²) in [5, 5.41) is 21.6. The van der Waals surface area contributed by atoms with Crippen molar-refractivity contribution in [2.45, 2.75) is 20.4 Å². The van der Waals surface area contributed by atoms with Gasteiger partial charge in [0.05, 0.1) is 11.9 Å². The molecule has 0 radical (unpaired) electrons. The number of hydrogen-bond acceptors (Lipinski definition) is 5. The van der Waals surface area contributed by atoms with Gasteiger partial charge in [0.2, 0.25) is 0 Å². The van der Waals surface area contributed by atoms with E-state index in [2.05, 4.69) is 21.4 Å². The maximum atomic E-state index is 9.28. The zero-order valence-corrected chi connectivity index (χ0v) is 11.5. The van der Waals surface area contributed by atoms with Gasteiger partial charge in [0.25, 0.3) is 0 Å². The maximum absolute atomic E-state index is 9.28. The molecule has 2 aromatic rings. The van der Waals surface area contributed by atoms with E-state index in [-0.39, 0.29) is 0 Å². The number of nitriles is 1. The minimum atomic E-state index is 0.582. The Morgan fingerprint density at radius 1 is 1.37 bits per heavy atom. The molecule has 0 aromatic carbocycles. The highest BCUT2D eigenvalue weighted by Crippen LogP contribution is 2.21. The summed E-state index contributed by atoms with van der Waals surface area (Å²) >= 11 is 0. The lowest BCUT2D eigenvalue weighted by Crippen LogP contribution is -2.20. The Balaban J connectivity index is 2.32. The fourth-order valence-corrected chi connectivity index (χ4v) is 1.90. The molecule has 6 heteroatoms. The quantitative estimate of drug-likeness (QED) is 0.828. The van der Waals surface area contributed by atoms with Gasteiger partial charge in [-0.05, 0) is 19.4 Å². The van der Waals surface area contributed by atoms with Crippen LogP contribution in [0.25, 0.3) is 0 Å². The first-order chi connectivity index (χ1) is 9.02. The van der Waals surface area contributed by atoms with Gasteiger partial charge in [-0.15, -0.1) is 5.10 Å². The summed E-state index contributed by atoms with van der Waals surface area (Å²) in [6.45, 7) is 4.39. The molecule has 0 N–H and O–H groups in total. The Bertz CT molecular complexity index is 637. The lowest BCUT2D eigenvalue weighted by Gasteiger charge is -2.19. The van der Waals surface area contributed by atoms with Crippen molar-refractivity contribution in [3.8, 4) is 6.07 Å². The molecule has 0 fully saturated rings. The first kappa shape index (κ1) is 13.0. The van der Waals surface area contributed by atoms with E-state index in [0.29, 0.717) is 17.9 Å². The number of aromatic nitrogens is 4. The molecule has 0 unspecified atom stereocenters. The van der Waals surface area contributed by atoms with E-state index in [1.165, 1.54) is 0 Å². The van der Waals surface area contributed by atoms with Gasteiger partial charge in [0, 0.05) is 32.4 Å². The molecule has 2 heterocycles. The Morgan fingerprint density at radius 3 is 2.68 bits per heavy atom. The van der Waals surface area contributed by atoms with Crippen molar-refractivity contribution in [2.75, 3.05) is 11.9 Å². The molecule has 0 saturated heterocycles. The van der Waals surface area contributed by atoms with Gasteiger partial charge in [-0.2, -0.15) is 15.5 Å². The third-order valence-corrected chi connectivity index (χ3v) is 3.09. The summed E-state index contributed by atoms with van der Waals surface area (Å²) in [5.41, 5.74) is 3.31. The lowest BCUT2D eigenvalue weighted by atomic mass is 10.1. The van der Waals surface area contributed by atoms with Crippen molar-refractivity contribution in [1.29, 1.82) is 5.26 Å². The molecule has 6 nitrogen and oxygen atoms in total. The van der Waals surface area contributed by atoms with E-state index >= 15 is 0 Å². The smallest absolute Gasteiger partial charge is 0.169 e. The average molecular weight is 256 g/mol. The van der Waals surface area contributed by atoms with Crippen LogP contribution in [0.15, 0.2) is 12.4 Å². The van der Waals surface area contributed by atoms with Crippen LogP contribution in [-0.2, 0) is 13.6 Å².